The van der Waals surface area contributed by atoms with Crippen molar-refractivity contribution in [3.05, 3.63) is 18.0 Å². The third-order valence-electron chi connectivity index (χ3n) is 3.43. The number of hydrogen-bond acceptors (Lipinski definition) is 4. The second-order valence-corrected chi connectivity index (χ2v) is 7.41. The summed E-state index contributed by atoms with van der Waals surface area (Å²) in [5.41, 5.74) is 0.999. The number of aryl methyl sites for hydroxylation is 1. The van der Waals surface area contributed by atoms with Gasteiger partial charge in [0.1, 0.15) is 4.90 Å². The van der Waals surface area contributed by atoms with Crippen LogP contribution in [0.5, 0.6) is 0 Å². The number of rotatable bonds is 9. The first-order chi connectivity index (χ1) is 9.82. The lowest BCUT2D eigenvalue weighted by atomic mass is 10.4. The molecule has 0 amide bonds. The highest BCUT2D eigenvalue weighted by Gasteiger charge is 2.23. The molecule has 0 aliphatic rings. The second-order valence-electron chi connectivity index (χ2n) is 5.36. The van der Waals surface area contributed by atoms with Crippen molar-refractivity contribution in [2.75, 3.05) is 40.8 Å². The molecule has 0 atom stereocenters. The molecule has 21 heavy (non-hydrogen) atoms. The van der Waals surface area contributed by atoms with E-state index in [0.29, 0.717) is 24.5 Å². The van der Waals surface area contributed by atoms with E-state index < -0.39 is 10.0 Å². The number of nitrogens with zero attached hydrogens (tertiary/aromatic N) is 3. The van der Waals surface area contributed by atoms with Crippen molar-refractivity contribution >= 4 is 10.0 Å². The molecule has 0 radical (unpaired) electrons. The molecule has 0 aromatic carbocycles. The summed E-state index contributed by atoms with van der Waals surface area (Å²) in [4.78, 5) is 2.35. The molecule has 1 N–H and O–H groups in total. The Bertz CT molecular complexity index is 537. The van der Waals surface area contributed by atoms with E-state index in [0.717, 1.165) is 18.8 Å². The Hall–Kier alpha value is -0.890. The zero-order valence-corrected chi connectivity index (χ0v) is 14.6. The standard InChI is InChI=1S/C14H28N4O2S/c1-6-15-11-13-10-14(12-18(13)7-2)21(19,20)17(5)9-8-16(3)4/h10,12,15H,6-9,11H2,1-5H3. The van der Waals surface area contributed by atoms with Crippen LogP contribution in [-0.4, -0.2) is 63.0 Å². The van der Waals surface area contributed by atoms with Crippen LogP contribution in [0.3, 0.4) is 0 Å². The van der Waals surface area contributed by atoms with Crippen molar-refractivity contribution < 1.29 is 8.42 Å². The predicted octanol–water partition coefficient (Wildman–Crippen LogP) is 0.800. The smallest absolute Gasteiger partial charge is 0.244 e. The minimum absolute atomic E-state index is 0.374. The van der Waals surface area contributed by atoms with Gasteiger partial charge in [0.25, 0.3) is 0 Å². The molecular formula is C14H28N4O2S. The fraction of sp³-hybridized carbons (Fsp3) is 0.714. The van der Waals surface area contributed by atoms with Crippen molar-refractivity contribution in [1.82, 2.24) is 19.1 Å². The average molecular weight is 316 g/mol. The molecule has 0 fully saturated rings. The van der Waals surface area contributed by atoms with E-state index in [2.05, 4.69) is 5.32 Å². The van der Waals surface area contributed by atoms with E-state index in [-0.39, 0.29) is 0 Å². The molecule has 0 saturated heterocycles. The minimum Gasteiger partial charge on any atom is -0.349 e. The highest BCUT2D eigenvalue weighted by molar-refractivity contribution is 7.89. The summed E-state index contributed by atoms with van der Waals surface area (Å²) in [6, 6.07) is 1.77. The number of nitrogens with one attached hydrogen (secondary N) is 1. The summed E-state index contributed by atoms with van der Waals surface area (Å²) in [6.07, 6.45) is 1.73. The SMILES string of the molecule is CCNCc1cc(S(=O)(=O)N(C)CCN(C)C)cn1CC. The maximum atomic E-state index is 12.6. The average Bonchev–Trinajstić information content (AvgIpc) is 2.86. The highest BCUT2D eigenvalue weighted by atomic mass is 32.2. The van der Waals surface area contributed by atoms with Gasteiger partial charge >= 0.3 is 0 Å². The molecule has 0 unspecified atom stereocenters. The Morgan fingerprint density at radius 2 is 1.86 bits per heavy atom. The molecule has 7 heteroatoms. The number of sulfonamides is 1. The van der Waals surface area contributed by atoms with E-state index in [1.54, 1.807) is 19.3 Å². The van der Waals surface area contributed by atoms with Crippen LogP contribution in [-0.2, 0) is 23.1 Å². The van der Waals surface area contributed by atoms with Crippen LogP contribution in [0.15, 0.2) is 17.2 Å². The first-order valence-corrected chi connectivity index (χ1v) is 8.77. The van der Waals surface area contributed by atoms with Gasteiger partial charge in [0, 0.05) is 45.1 Å². The molecule has 6 nitrogen and oxygen atoms in total. The summed E-state index contributed by atoms with van der Waals surface area (Å²) in [7, 11) is 2.08. The summed E-state index contributed by atoms with van der Waals surface area (Å²) in [6.45, 7) is 7.54. The van der Waals surface area contributed by atoms with E-state index in [9.17, 15) is 8.42 Å². The van der Waals surface area contributed by atoms with Crippen LogP contribution in [0.4, 0.5) is 0 Å². The van der Waals surface area contributed by atoms with Crippen molar-refractivity contribution in [2.45, 2.75) is 31.8 Å². The van der Waals surface area contributed by atoms with Crippen molar-refractivity contribution in [1.29, 1.82) is 0 Å². The number of hydrogen-bond donors (Lipinski definition) is 1. The van der Waals surface area contributed by atoms with E-state index >= 15 is 0 Å². The first kappa shape index (κ1) is 18.2. The Labute approximate surface area is 128 Å². The molecule has 1 rings (SSSR count). The molecule has 122 valence electrons. The largest absolute Gasteiger partial charge is 0.349 e. The molecule has 0 saturated carbocycles. The fourth-order valence-corrected chi connectivity index (χ4v) is 3.23. The summed E-state index contributed by atoms with van der Waals surface area (Å²) in [5, 5.41) is 3.24. The molecular weight excluding hydrogens is 288 g/mol. The van der Waals surface area contributed by atoms with Gasteiger partial charge in [-0.15, -0.1) is 0 Å². The maximum Gasteiger partial charge on any atom is 0.244 e. The van der Waals surface area contributed by atoms with Gasteiger partial charge in [-0.3, -0.25) is 0 Å². The third kappa shape index (κ3) is 4.81. The van der Waals surface area contributed by atoms with Crippen LogP contribution in [0.1, 0.15) is 19.5 Å². The van der Waals surface area contributed by atoms with Gasteiger partial charge in [0.2, 0.25) is 10.0 Å². The normalized spacial score (nSPS) is 12.5. The van der Waals surface area contributed by atoms with Crippen LogP contribution >= 0.6 is 0 Å². The summed E-state index contributed by atoms with van der Waals surface area (Å²) < 4.78 is 28.5. The Kier molecular flexibility index (Phi) is 6.86. The minimum atomic E-state index is -3.41. The zero-order chi connectivity index (χ0) is 16.0. The van der Waals surface area contributed by atoms with Crippen LogP contribution in [0, 0.1) is 0 Å². The molecule has 1 heterocycles. The topological polar surface area (TPSA) is 57.6 Å². The van der Waals surface area contributed by atoms with Gasteiger partial charge in [-0.05, 0) is 33.6 Å². The maximum absolute atomic E-state index is 12.6. The van der Waals surface area contributed by atoms with Crippen LogP contribution in [0.2, 0.25) is 0 Å². The second kappa shape index (κ2) is 7.93. The first-order valence-electron chi connectivity index (χ1n) is 7.33. The van der Waals surface area contributed by atoms with Gasteiger partial charge in [-0.1, -0.05) is 6.92 Å². The monoisotopic (exact) mass is 316 g/mol. The molecule has 0 aliphatic carbocycles. The third-order valence-corrected chi connectivity index (χ3v) is 5.25. The quantitative estimate of drug-likeness (QED) is 0.732. The predicted molar refractivity (Wildman–Crippen MR) is 85.9 cm³/mol. The van der Waals surface area contributed by atoms with E-state index in [1.807, 2.05) is 37.4 Å². The summed E-state index contributed by atoms with van der Waals surface area (Å²) in [5.74, 6) is 0. The Balaban J connectivity index is 2.94. The number of likely N-dealkylation sites (N-methyl/N-ethyl adjacent to an activating group) is 2. The molecule has 1 aromatic rings. The van der Waals surface area contributed by atoms with Gasteiger partial charge < -0.3 is 14.8 Å². The summed E-state index contributed by atoms with van der Waals surface area (Å²) >= 11 is 0. The molecule has 0 aliphatic heterocycles. The molecule has 0 bridgehead atoms. The number of aromatic nitrogens is 1. The van der Waals surface area contributed by atoms with Gasteiger partial charge in [0.15, 0.2) is 0 Å². The van der Waals surface area contributed by atoms with E-state index in [4.69, 9.17) is 0 Å². The Morgan fingerprint density at radius 1 is 1.19 bits per heavy atom. The van der Waals surface area contributed by atoms with E-state index in [1.165, 1.54) is 4.31 Å². The molecule has 1 aromatic heterocycles. The van der Waals surface area contributed by atoms with Crippen LogP contribution in [0.25, 0.3) is 0 Å². The van der Waals surface area contributed by atoms with Gasteiger partial charge in [-0.25, -0.2) is 8.42 Å². The van der Waals surface area contributed by atoms with Gasteiger partial charge in [-0.2, -0.15) is 4.31 Å². The van der Waals surface area contributed by atoms with Crippen molar-refractivity contribution in [2.24, 2.45) is 0 Å². The molecule has 0 spiro atoms. The zero-order valence-electron chi connectivity index (χ0n) is 13.8. The van der Waals surface area contributed by atoms with Crippen molar-refractivity contribution in [3.8, 4) is 0 Å². The fourth-order valence-electron chi connectivity index (χ4n) is 2.00. The van der Waals surface area contributed by atoms with Gasteiger partial charge in [0.05, 0.1) is 0 Å². The highest BCUT2D eigenvalue weighted by Crippen LogP contribution is 2.18. The Morgan fingerprint density at radius 3 is 2.38 bits per heavy atom. The lowest BCUT2D eigenvalue weighted by Gasteiger charge is -2.18. The lowest BCUT2D eigenvalue weighted by Crippen LogP contribution is -2.33. The van der Waals surface area contributed by atoms with Crippen molar-refractivity contribution in [3.63, 3.8) is 0 Å². The van der Waals surface area contributed by atoms with Crippen LogP contribution < -0.4 is 5.32 Å². The lowest BCUT2D eigenvalue weighted by molar-refractivity contribution is 0.358.